The van der Waals surface area contributed by atoms with Crippen LogP contribution in [-0.4, -0.2) is 36.7 Å². The number of hydrogen-bond donors (Lipinski definition) is 2. The zero-order chi connectivity index (χ0) is 4.28. The van der Waals surface area contributed by atoms with Gasteiger partial charge >= 0.3 is 0 Å². The summed E-state index contributed by atoms with van der Waals surface area (Å²) < 4.78 is 0. The first-order valence-electron chi connectivity index (χ1n) is 1.63. The van der Waals surface area contributed by atoms with E-state index >= 15 is 0 Å². The van der Waals surface area contributed by atoms with E-state index in [9.17, 15) is 0 Å². The molecule has 0 aromatic carbocycles. The maximum absolute atomic E-state index is 8.23. The van der Waals surface area contributed by atoms with Crippen molar-refractivity contribution in [2.75, 3.05) is 0 Å². The smallest absolute Gasteiger partial charge is 0.0962 e. The zero-order valence-corrected chi connectivity index (χ0v) is 8.00. The van der Waals surface area contributed by atoms with Crippen LogP contribution in [0.2, 0.25) is 0 Å². The molecule has 6 heavy (non-hydrogen) atoms. The molecule has 0 aliphatic carbocycles. The van der Waals surface area contributed by atoms with E-state index < -0.39 is 5.44 Å². The Morgan fingerprint density at radius 2 is 2.00 bits per heavy atom. The van der Waals surface area contributed by atoms with Gasteiger partial charge in [0, 0.05) is 26.2 Å². The van der Waals surface area contributed by atoms with Crippen LogP contribution in [-0.2, 0) is 0 Å². The number of thiol groups is 1. The quantitative estimate of drug-likeness (QED) is 0.404. The molecule has 0 bridgehead atoms. The van der Waals surface area contributed by atoms with Gasteiger partial charge in [0.05, 0.1) is 5.44 Å². The summed E-state index contributed by atoms with van der Waals surface area (Å²) in [5, 5.41) is 8.23. The molecule has 0 amide bonds. The maximum Gasteiger partial charge on any atom is 0.0962 e. The fraction of sp³-hybridized carbons (Fsp3) is 1.00. The van der Waals surface area contributed by atoms with Crippen molar-refractivity contribution in [3.63, 3.8) is 0 Å². The fourth-order valence-electron chi connectivity index (χ4n) is 0. The van der Waals surface area contributed by atoms with Gasteiger partial charge < -0.3 is 5.11 Å². The Balaban J connectivity index is 0. The van der Waals surface area contributed by atoms with E-state index in [1.807, 2.05) is 6.92 Å². The molecule has 1 unspecified atom stereocenters. The van der Waals surface area contributed by atoms with Crippen LogP contribution in [0, 0.1) is 0 Å². The molecule has 3 radical (unpaired) electrons. The number of rotatable bonds is 1. The number of aliphatic hydroxyl groups is 1. The summed E-state index contributed by atoms with van der Waals surface area (Å²) in [5.74, 6) is 0. The number of aliphatic hydroxyl groups excluding tert-OH is 1. The van der Waals surface area contributed by atoms with Crippen molar-refractivity contribution in [1.29, 1.82) is 0 Å². The third-order valence-electron chi connectivity index (χ3n) is 0.365. The summed E-state index contributed by atoms with van der Waals surface area (Å²) in [5.41, 5.74) is -0.421. The van der Waals surface area contributed by atoms with Crippen LogP contribution in [0.1, 0.15) is 13.3 Å². The van der Waals surface area contributed by atoms with Crippen LogP contribution in [0.3, 0.4) is 0 Å². The van der Waals surface area contributed by atoms with Crippen molar-refractivity contribution >= 4 is 38.8 Å². The topological polar surface area (TPSA) is 20.2 Å². The van der Waals surface area contributed by atoms with Crippen molar-refractivity contribution < 1.29 is 5.11 Å². The summed E-state index contributed by atoms with van der Waals surface area (Å²) in [4.78, 5) is 0. The van der Waals surface area contributed by atoms with E-state index in [2.05, 4.69) is 12.6 Å². The molecule has 0 aromatic heterocycles. The van der Waals surface area contributed by atoms with E-state index in [4.69, 9.17) is 5.11 Å². The molecule has 0 saturated heterocycles. The molecule has 0 aliphatic rings. The monoisotopic (exact) mass is 301 g/mol. The van der Waals surface area contributed by atoms with Crippen molar-refractivity contribution in [1.82, 2.24) is 0 Å². The summed E-state index contributed by atoms with van der Waals surface area (Å²) in [7, 11) is 0. The second-order valence-corrected chi connectivity index (χ2v) is 1.48. The second-order valence-electron chi connectivity index (χ2n) is 0.889. The van der Waals surface area contributed by atoms with Crippen molar-refractivity contribution in [3.8, 4) is 0 Å². The van der Waals surface area contributed by atoms with Gasteiger partial charge in [0.15, 0.2) is 0 Å². The first kappa shape index (κ1) is 10.2. The Morgan fingerprint density at radius 1 is 1.83 bits per heavy atom. The Hall–Kier alpha value is 1.19. The SMILES string of the molecule is CCC(O)S.[Bi]. The van der Waals surface area contributed by atoms with Gasteiger partial charge in [-0.1, -0.05) is 6.92 Å². The summed E-state index contributed by atoms with van der Waals surface area (Å²) in [6, 6.07) is 0. The molecule has 0 fully saturated rings. The molecule has 0 aromatic rings. The predicted octanol–water partition coefficient (Wildman–Crippen LogP) is 0.264. The fourth-order valence-corrected chi connectivity index (χ4v) is 0. The molecular formula is C3H8BiOS. The molecular weight excluding hydrogens is 293 g/mol. The predicted molar refractivity (Wildman–Crippen MR) is 31.0 cm³/mol. The minimum Gasteiger partial charge on any atom is -0.383 e. The van der Waals surface area contributed by atoms with E-state index in [0.29, 0.717) is 0 Å². The summed E-state index contributed by atoms with van der Waals surface area (Å²) >= 11 is 3.65. The van der Waals surface area contributed by atoms with Crippen LogP contribution >= 0.6 is 12.6 Å². The van der Waals surface area contributed by atoms with Crippen molar-refractivity contribution in [2.24, 2.45) is 0 Å². The van der Waals surface area contributed by atoms with E-state index in [1.54, 1.807) is 0 Å². The maximum atomic E-state index is 8.23. The van der Waals surface area contributed by atoms with Crippen molar-refractivity contribution in [2.45, 2.75) is 18.8 Å². The third-order valence-corrected chi connectivity index (χ3v) is 0.730. The van der Waals surface area contributed by atoms with Crippen molar-refractivity contribution in [3.05, 3.63) is 0 Å². The Bertz CT molecular complexity index is 24.8. The van der Waals surface area contributed by atoms with Gasteiger partial charge in [-0.25, -0.2) is 0 Å². The summed E-state index contributed by atoms with van der Waals surface area (Å²) in [6.45, 7) is 1.87. The van der Waals surface area contributed by atoms with Gasteiger partial charge in [-0.2, -0.15) is 0 Å². The van der Waals surface area contributed by atoms with Gasteiger partial charge in [-0.3, -0.25) is 0 Å². The molecule has 1 N–H and O–H groups in total. The van der Waals surface area contributed by atoms with Crippen LogP contribution in [0.15, 0.2) is 0 Å². The van der Waals surface area contributed by atoms with Crippen LogP contribution in [0.4, 0.5) is 0 Å². The third kappa shape index (κ3) is 8.96. The molecule has 0 heterocycles. The van der Waals surface area contributed by atoms with Gasteiger partial charge in [0.2, 0.25) is 0 Å². The molecule has 0 spiro atoms. The van der Waals surface area contributed by atoms with E-state index in [0.717, 1.165) is 6.42 Å². The van der Waals surface area contributed by atoms with Crippen LogP contribution in [0.25, 0.3) is 0 Å². The molecule has 0 aliphatic heterocycles. The first-order chi connectivity index (χ1) is 2.27. The zero-order valence-electron chi connectivity index (χ0n) is 3.63. The van der Waals surface area contributed by atoms with E-state index in [1.165, 1.54) is 0 Å². The van der Waals surface area contributed by atoms with E-state index in [-0.39, 0.29) is 26.2 Å². The molecule has 0 rings (SSSR count). The molecule has 3 heteroatoms. The Kier molecular flexibility index (Phi) is 10.6. The number of hydrogen-bond acceptors (Lipinski definition) is 2. The van der Waals surface area contributed by atoms with Crippen LogP contribution < -0.4 is 0 Å². The van der Waals surface area contributed by atoms with Gasteiger partial charge in [-0.05, 0) is 6.42 Å². The molecule has 1 atom stereocenters. The van der Waals surface area contributed by atoms with Gasteiger partial charge in [-0.15, -0.1) is 12.6 Å². The first-order valence-corrected chi connectivity index (χ1v) is 2.15. The van der Waals surface area contributed by atoms with Crippen LogP contribution in [0.5, 0.6) is 0 Å². The molecule has 0 saturated carbocycles. The molecule has 37 valence electrons. The van der Waals surface area contributed by atoms with Gasteiger partial charge in [0.25, 0.3) is 0 Å². The largest absolute Gasteiger partial charge is 0.383 e. The normalized spacial score (nSPS) is 12.5. The average molecular weight is 301 g/mol. The second kappa shape index (κ2) is 6.19. The Morgan fingerprint density at radius 3 is 2.00 bits per heavy atom. The standard InChI is InChI=1S/C3H8OS.Bi/c1-2-3(4)5;/h3-5H,2H2,1H3;. The average Bonchev–Trinajstić information content (AvgIpc) is 1.38. The Labute approximate surface area is 62.7 Å². The minimum absolute atomic E-state index is 0. The summed E-state index contributed by atoms with van der Waals surface area (Å²) in [6.07, 6.45) is 0.725. The minimum atomic E-state index is -0.421. The van der Waals surface area contributed by atoms with Gasteiger partial charge in [0.1, 0.15) is 0 Å². The molecule has 1 nitrogen and oxygen atoms in total.